The van der Waals surface area contributed by atoms with Crippen LogP contribution in [-0.4, -0.2) is 47.3 Å². The van der Waals surface area contributed by atoms with Crippen molar-refractivity contribution < 1.29 is 28.3 Å². The molecule has 0 spiro atoms. The minimum absolute atomic E-state index is 0.106. The average Bonchev–Trinajstić information content (AvgIpc) is 3.13. The zero-order valence-corrected chi connectivity index (χ0v) is 19.0. The lowest BCUT2D eigenvalue weighted by Gasteiger charge is -2.37. The Bertz CT molecular complexity index is 1090. The predicted octanol–water partition coefficient (Wildman–Crippen LogP) is 4.11. The molecule has 0 N–H and O–H groups in total. The Morgan fingerprint density at radius 1 is 1.03 bits per heavy atom. The second-order valence-corrected chi connectivity index (χ2v) is 8.54. The van der Waals surface area contributed by atoms with Crippen LogP contribution in [-0.2, 0) is 14.3 Å². The lowest BCUT2D eigenvalue weighted by molar-refractivity contribution is -0.123. The van der Waals surface area contributed by atoms with E-state index in [9.17, 15) is 23.6 Å². The molecule has 7 nitrogen and oxygen atoms in total. The normalized spacial score (nSPS) is 18.8. The number of esters is 1. The molecule has 1 aliphatic heterocycles. The van der Waals surface area contributed by atoms with Crippen molar-refractivity contribution in [2.75, 3.05) is 11.5 Å². The summed E-state index contributed by atoms with van der Waals surface area (Å²) < 4.78 is 19.4. The van der Waals surface area contributed by atoms with Crippen molar-refractivity contribution in [1.82, 2.24) is 4.90 Å². The number of halogens is 1. The Balaban J connectivity index is 1.63. The highest BCUT2D eigenvalue weighted by molar-refractivity contribution is 6.23. The molecule has 0 bridgehead atoms. The van der Waals surface area contributed by atoms with Crippen molar-refractivity contribution in [2.24, 2.45) is 0 Å². The number of hydrogen-bond donors (Lipinski definition) is 0. The molecule has 1 saturated heterocycles. The Kier molecular flexibility index (Phi) is 7.05. The first-order valence-corrected chi connectivity index (χ1v) is 11.6. The zero-order chi connectivity index (χ0) is 24.2. The van der Waals surface area contributed by atoms with Crippen molar-refractivity contribution in [3.05, 3.63) is 65.5 Å². The Labute approximate surface area is 197 Å². The summed E-state index contributed by atoms with van der Waals surface area (Å²) in [6.07, 6.45) is 4.07. The van der Waals surface area contributed by atoms with Crippen LogP contribution in [0.1, 0.15) is 66.2 Å². The smallest absolute Gasteiger partial charge is 0.338 e. The number of hydrogen-bond acceptors (Lipinski definition) is 5. The lowest BCUT2D eigenvalue weighted by Crippen LogP contribution is -2.51. The number of ether oxygens (including phenoxy) is 1. The quantitative estimate of drug-likeness (QED) is 0.473. The first-order valence-electron chi connectivity index (χ1n) is 11.6. The SMILES string of the molecule is CCOC(=O)c1ccc(N2C(=O)CC(N(C(=O)c3ccccc3F)C3CCCCC3)C2=O)cc1. The van der Waals surface area contributed by atoms with Crippen molar-refractivity contribution in [3.8, 4) is 0 Å². The lowest BCUT2D eigenvalue weighted by atomic mass is 9.92. The van der Waals surface area contributed by atoms with Crippen molar-refractivity contribution >= 4 is 29.4 Å². The van der Waals surface area contributed by atoms with E-state index in [2.05, 4.69) is 0 Å². The molecular formula is C26H27FN2O5. The molecule has 3 amide bonds. The Hall–Kier alpha value is -3.55. The first kappa shape index (κ1) is 23.6. The molecule has 1 heterocycles. The number of carbonyl (C=O) groups excluding carboxylic acids is 4. The summed E-state index contributed by atoms with van der Waals surface area (Å²) in [7, 11) is 0. The van der Waals surface area contributed by atoms with Gasteiger partial charge in [-0.25, -0.2) is 14.1 Å². The summed E-state index contributed by atoms with van der Waals surface area (Å²) in [5, 5.41) is 0. The summed E-state index contributed by atoms with van der Waals surface area (Å²) in [4.78, 5) is 54.3. The zero-order valence-electron chi connectivity index (χ0n) is 19.0. The van der Waals surface area contributed by atoms with E-state index in [0.29, 0.717) is 24.1 Å². The molecule has 8 heteroatoms. The van der Waals surface area contributed by atoms with E-state index in [1.54, 1.807) is 13.0 Å². The summed E-state index contributed by atoms with van der Waals surface area (Å²) in [5.74, 6) is -2.69. The number of rotatable bonds is 6. The van der Waals surface area contributed by atoms with Crippen molar-refractivity contribution in [1.29, 1.82) is 0 Å². The molecule has 1 saturated carbocycles. The van der Waals surface area contributed by atoms with Crippen LogP contribution < -0.4 is 4.90 Å². The van der Waals surface area contributed by atoms with Crippen LogP contribution in [0.25, 0.3) is 0 Å². The average molecular weight is 467 g/mol. The number of imide groups is 1. The van der Waals surface area contributed by atoms with E-state index in [1.807, 2.05) is 0 Å². The molecule has 0 aromatic heterocycles. The van der Waals surface area contributed by atoms with Crippen LogP contribution in [0.15, 0.2) is 48.5 Å². The maximum atomic E-state index is 14.5. The number of benzene rings is 2. The monoisotopic (exact) mass is 466 g/mol. The van der Waals surface area contributed by atoms with Gasteiger partial charge in [0.15, 0.2) is 0 Å². The molecule has 178 valence electrons. The van der Waals surface area contributed by atoms with Crippen LogP contribution in [0.4, 0.5) is 10.1 Å². The fourth-order valence-electron chi connectivity index (χ4n) is 4.76. The van der Waals surface area contributed by atoms with Gasteiger partial charge in [-0.1, -0.05) is 31.4 Å². The summed E-state index contributed by atoms with van der Waals surface area (Å²) >= 11 is 0. The van der Waals surface area contributed by atoms with E-state index in [-0.39, 0.29) is 24.6 Å². The van der Waals surface area contributed by atoms with Gasteiger partial charge in [-0.2, -0.15) is 0 Å². The predicted molar refractivity (Wildman–Crippen MR) is 123 cm³/mol. The molecule has 1 atom stereocenters. The molecule has 2 aromatic carbocycles. The van der Waals surface area contributed by atoms with E-state index in [0.717, 1.165) is 24.2 Å². The van der Waals surface area contributed by atoms with E-state index in [1.165, 1.54) is 47.4 Å². The van der Waals surface area contributed by atoms with E-state index in [4.69, 9.17) is 4.74 Å². The fourth-order valence-corrected chi connectivity index (χ4v) is 4.76. The molecule has 4 rings (SSSR count). The van der Waals surface area contributed by atoms with Gasteiger partial charge in [-0.3, -0.25) is 14.4 Å². The molecule has 2 aromatic rings. The van der Waals surface area contributed by atoms with Gasteiger partial charge in [0.25, 0.3) is 11.8 Å². The first-order chi connectivity index (χ1) is 16.4. The molecule has 2 aliphatic rings. The minimum Gasteiger partial charge on any atom is -0.462 e. The highest BCUT2D eigenvalue weighted by Crippen LogP contribution is 2.32. The van der Waals surface area contributed by atoms with Gasteiger partial charge in [-0.05, 0) is 56.2 Å². The Morgan fingerprint density at radius 2 is 1.71 bits per heavy atom. The maximum Gasteiger partial charge on any atom is 0.338 e. The topological polar surface area (TPSA) is 84.0 Å². The Morgan fingerprint density at radius 3 is 2.35 bits per heavy atom. The second kappa shape index (κ2) is 10.2. The van der Waals surface area contributed by atoms with Crippen LogP contribution in [0.2, 0.25) is 0 Å². The van der Waals surface area contributed by atoms with Gasteiger partial charge in [0, 0.05) is 6.04 Å². The van der Waals surface area contributed by atoms with Gasteiger partial charge in [0.1, 0.15) is 11.9 Å². The summed E-state index contributed by atoms with van der Waals surface area (Å²) in [6.45, 7) is 1.94. The van der Waals surface area contributed by atoms with Gasteiger partial charge in [0.2, 0.25) is 5.91 Å². The summed E-state index contributed by atoms with van der Waals surface area (Å²) in [6, 6.07) is 10.4. The molecule has 0 radical (unpaired) electrons. The number of anilines is 1. The van der Waals surface area contributed by atoms with Gasteiger partial charge < -0.3 is 9.64 Å². The molecule has 1 aliphatic carbocycles. The number of amides is 3. The molecule has 34 heavy (non-hydrogen) atoms. The number of nitrogens with zero attached hydrogens (tertiary/aromatic N) is 2. The van der Waals surface area contributed by atoms with Crippen LogP contribution in [0.5, 0.6) is 0 Å². The number of carbonyl (C=O) groups is 4. The minimum atomic E-state index is -1.01. The van der Waals surface area contributed by atoms with Crippen LogP contribution >= 0.6 is 0 Å². The third-order valence-electron chi connectivity index (χ3n) is 6.40. The largest absolute Gasteiger partial charge is 0.462 e. The second-order valence-electron chi connectivity index (χ2n) is 8.54. The van der Waals surface area contributed by atoms with Gasteiger partial charge >= 0.3 is 5.97 Å². The highest BCUT2D eigenvalue weighted by atomic mass is 19.1. The van der Waals surface area contributed by atoms with Crippen LogP contribution in [0, 0.1) is 5.82 Å². The van der Waals surface area contributed by atoms with Crippen LogP contribution in [0.3, 0.4) is 0 Å². The van der Waals surface area contributed by atoms with Crippen molar-refractivity contribution in [3.63, 3.8) is 0 Å². The third-order valence-corrected chi connectivity index (χ3v) is 6.40. The standard InChI is InChI=1S/C26H27FN2O5/c1-2-34-26(33)17-12-14-19(15-13-17)29-23(30)16-22(25(29)32)28(18-8-4-3-5-9-18)24(31)20-10-6-7-11-21(20)27/h6-7,10-15,18,22H,2-5,8-9,16H2,1H3. The maximum absolute atomic E-state index is 14.5. The third kappa shape index (κ3) is 4.58. The fraction of sp³-hybridized carbons (Fsp3) is 0.385. The molecule has 2 fully saturated rings. The van der Waals surface area contributed by atoms with Gasteiger partial charge in [0.05, 0.1) is 29.8 Å². The van der Waals surface area contributed by atoms with E-state index < -0.39 is 35.5 Å². The molecular weight excluding hydrogens is 439 g/mol. The molecule has 1 unspecified atom stereocenters. The van der Waals surface area contributed by atoms with E-state index >= 15 is 0 Å². The van der Waals surface area contributed by atoms with Crippen molar-refractivity contribution in [2.45, 2.75) is 57.5 Å². The highest BCUT2D eigenvalue weighted by Gasteiger charge is 2.47. The van der Waals surface area contributed by atoms with Gasteiger partial charge in [-0.15, -0.1) is 0 Å². The summed E-state index contributed by atoms with van der Waals surface area (Å²) in [5.41, 5.74) is 0.512.